The Bertz CT molecular complexity index is 199. The highest BCUT2D eigenvalue weighted by molar-refractivity contribution is 4.89. The molecule has 2 saturated heterocycles. The molecule has 3 heteroatoms. The second kappa shape index (κ2) is 4.81. The lowest BCUT2D eigenvalue weighted by molar-refractivity contribution is 0.0988. The third-order valence-corrected chi connectivity index (χ3v) is 4.26. The molecule has 3 nitrogen and oxygen atoms in total. The summed E-state index contributed by atoms with van der Waals surface area (Å²) in [5.41, 5.74) is 0. The van der Waals surface area contributed by atoms with Crippen LogP contribution < -0.4 is 5.32 Å². The van der Waals surface area contributed by atoms with E-state index in [1.165, 1.54) is 39.0 Å². The number of likely N-dealkylation sites (N-methyl/N-ethyl adjacent to an activating group) is 1. The van der Waals surface area contributed by atoms with Gasteiger partial charge in [0.2, 0.25) is 0 Å². The Morgan fingerprint density at radius 1 is 1.20 bits per heavy atom. The molecule has 88 valence electrons. The number of piperidine rings is 1. The minimum absolute atomic E-state index is 0.762. The van der Waals surface area contributed by atoms with Gasteiger partial charge in [-0.1, -0.05) is 6.92 Å². The van der Waals surface area contributed by atoms with Gasteiger partial charge in [0.25, 0.3) is 0 Å². The quantitative estimate of drug-likeness (QED) is 0.722. The Hall–Kier alpha value is -0.120. The molecular formula is C12H25N3. The molecule has 0 aromatic carbocycles. The monoisotopic (exact) mass is 211 g/mol. The summed E-state index contributed by atoms with van der Waals surface area (Å²) in [7, 11) is 4.56. The van der Waals surface area contributed by atoms with E-state index in [9.17, 15) is 0 Å². The highest BCUT2D eigenvalue weighted by Gasteiger charge is 2.31. The lowest BCUT2D eigenvalue weighted by Crippen LogP contribution is -2.48. The van der Waals surface area contributed by atoms with E-state index in [1.54, 1.807) is 0 Å². The van der Waals surface area contributed by atoms with Crippen molar-refractivity contribution >= 4 is 0 Å². The zero-order valence-electron chi connectivity index (χ0n) is 10.4. The second-order valence-corrected chi connectivity index (χ2v) is 5.40. The summed E-state index contributed by atoms with van der Waals surface area (Å²) in [5.74, 6) is 0.814. The second-order valence-electron chi connectivity index (χ2n) is 5.40. The SMILES string of the molecule is CC1CNCC1N(C)C1CCN(C)CC1. The molecule has 0 bridgehead atoms. The van der Waals surface area contributed by atoms with Gasteiger partial charge >= 0.3 is 0 Å². The fraction of sp³-hybridized carbons (Fsp3) is 1.00. The van der Waals surface area contributed by atoms with Gasteiger partial charge in [-0.25, -0.2) is 0 Å². The van der Waals surface area contributed by atoms with Gasteiger partial charge in [-0.3, -0.25) is 4.90 Å². The molecule has 2 unspecified atom stereocenters. The molecule has 0 aliphatic carbocycles. The van der Waals surface area contributed by atoms with E-state index in [0.717, 1.165) is 18.0 Å². The summed E-state index contributed by atoms with van der Waals surface area (Å²) in [4.78, 5) is 5.08. The molecule has 2 heterocycles. The van der Waals surface area contributed by atoms with E-state index in [2.05, 4.69) is 36.1 Å². The number of likely N-dealkylation sites (tertiary alicyclic amines) is 1. The van der Waals surface area contributed by atoms with Gasteiger partial charge in [0, 0.05) is 18.6 Å². The highest BCUT2D eigenvalue weighted by atomic mass is 15.2. The van der Waals surface area contributed by atoms with Crippen LogP contribution in [0.4, 0.5) is 0 Å². The maximum atomic E-state index is 3.50. The largest absolute Gasteiger partial charge is 0.315 e. The van der Waals surface area contributed by atoms with Gasteiger partial charge < -0.3 is 10.2 Å². The van der Waals surface area contributed by atoms with Crippen molar-refractivity contribution in [3.63, 3.8) is 0 Å². The van der Waals surface area contributed by atoms with Crippen molar-refractivity contribution in [3.05, 3.63) is 0 Å². The van der Waals surface area contributed by atoms with Gasteiger partial charge in [-0.15, -0.1) is 0 Å². The first-order chi connectivity index (χ1) is 7.18. The molecule has 0 radical (unpaired) electrons. The Morgan fingerprint density at radius 3 is 2.40 bits per heavy atom. The van der Waals surface area contributed by atoms with E-state index in [4.69, 9.17) is 0 Å². The van der Waals surface area contributed by atoms with E-state index < -0.39 is 0 Å². The van der Waals surface area contributed by atoms with Crippen LogP contribution in [0.5, 0.6) is 0 Å². The third-order valence-electron chi connectivity index (χ3n) is 4.26. The Morgan fingerprint density at radius 2 is 1.87 bits per heavy atom. The zero-order chi connectivity index (χ0) is 10.8. The molecule has 0 aromatic heterocycles. The normalized spacial score (nSPS) is 35.2. The summed E-state index contributed by atoms with van der Waals surface area (Å²) >= 11 is 0. The smallest absolute Gasteiger partial charge is 0.0258 e. The van der Waals surface area contributed by atoms with Crippen molar-refractivity contribution in [1.82, 2.24) is 15.1 Å². The maximum absolute atomic E-state index is 3.50. The molecule has 2 fully saturated rings. The minimum atomic E-state index is 0.762. The fourth-order valence-corrected chi connectivity index (χ4v) is 3.01. The van der Waals surface area contributed by atoms with E-state index in [1.807, 2.05) is 0 Å². The van der Waals surface area contributed by atoms with Crippen molar-refractivity contribution < 1.29 is 0 Å². The summed E-state index contributed by atoms with van der Waals surface area (Å²) in [5, 5.41) is 3.50. The molecule has 0 aromatic rings. The van der Waals surface area contributed by atoms with Crippen LogP contribution in [0.15, 0.2) is 0 Å². The maximum Gasteiger partial charge on any atom is 0.0258 e. The van der Waals surface area contributed by atoms with E-state index >= 15 is 0 Å². The van der Waals surface area contributed by atoms with Crippen molar-refractivity contribution in [2.45, 2.75) is 31.8 Å². The van der Waals surface area contributed by atoms with Crippen LogP contribution in [-0.4, -0.2) is 62.2 Å². The average Bonchev–Trinajstić information content (AvgIpc) is 2.65. The molecule has 0 spiro atoms. The molecule has 2 rings (SSSR count). The van der Waals surface area contributed by atoms with Crippen molar-refractivity contribution in [2.24, 2.45) is 5.92 Å². The van der Waals surface area contributed by atoms with Crippen LogP contribution in [-0.2, 0) is 0 Å². The van der Waals surface area contributed by atoms with E-state index in [-0.39, 0.29) is 0 Å². The van der Waals surface area contributed by atoms with Crippen molar-refractivity contribution in [3.8, 4) is 0 Å². The molecule has 2 aliphatic rings. The summed E-state index contributed by atoms with van der Waals surface area (Å²) in [6, 6.07) is 1.58. The number of hydrogen-bond donors (Lipinski definition) is 1. The first kappa shape index (κ1) is 11.4. The molecule has 0 amide bonds. The Labute approximate surface area is 93.8 Å². The predicted molar refractivity (Wildman–Crippen MR) is 64.1 cm³/mol. The zero-order valence-corrected chi connectivity index (χ0v) is 10.4. The van der Waals surface area contributed by atoms with Crippen LogP contribution in [0.2, 0.25) is 0 Å². The molecule has 15 heavy (non-hydrogen) atoms. The minimum Gasteiger partial charge on any atom is -0.315 e. The first-order valence-corrected chi connectivity index (χ1v) is 6.29. The Kier molecular flexibility index (Phi) is 3.65. The van der Waals surface area contributed by atoms with Crippen molar-refractivity contribution in [2.75, 3.05) is 40.3 Å². The van der Waals surface area contributed by atoms with E-state index in [0.29, 0.717) is 0 Å². The lowest BCUT2D eigenvalue weighted by atomic mass is 9.98. The van der Waals surface area contributed by atoms with Crippen LogP contribution in [0.1, 0.15) is 19.8 Å². The molecule has 2 aliphatic heterocycles. The summed E-state index contributed by atoms with van der Waals surface area (Å²) in [6.45, 7) is 7.29. The molecular weight excluding hydrogens is 186 g/mol. The number of nitrogens with zero attached hydrogens (tertiary/aromatic N) is 2. The number of nitrogens with one attached hydrogen (secondary N) is 1. The lowest BCUT2D eigenvalue weighted by Gasteiger charge is -2.39. The van der Waals surface area contributed by atoms with Gasteiger partial charge in [0.15, 0.2) is 0 Å². The molecule has 1 N–H and O–H groups in total. The third kappa shape index (κ3) is 2.52. The van der Waals surface area contributed by atoms with Gasteiger partial charge in [-0.05, 0) is 52.5 Å². The van der Waals surface area contributed by atoms with Crippen LogP contribution in [0, 0.1) is 5.92 Å². The van der Waals surface area contributed by atoms with Crippen LogP contribution in [0.3, 0.4) is 0 Å². The topological polar surface area (TPSA) is 18.5 Å². The van der Waals surface area contributed by atoms with Crippen LogP contribution in [0.25, 0.3) is 0 Å². The van der Waals surface area contributed by atoms with Gasteiger partial charge in [0.05, 0.1) is 0 Å². The Balaban J connectivity index is 1.87. The fourth-order valence-electron chi connectivity index (χ4n) is 3.01. The van der Waals surface area contributed by atoms with Gasteiger partial charge in [-0.2, -0.15) is 0 Å². The number of rotatable bonds is 2. The highest BCUT2D eigenvalue weighted by Crippen LogP contribution is 2.21. The first-order valence-electron chi connectivity index (χ1n) is 6.29. The standard InChI is InChI=1S/C12H25N3/c1-10-8-13-9-12(10)15(3)11-4-6-14(2)7-5-11/h10-13H,4-9H2,1-3H3. The van der Waals surface area contributed by atoms with Crippen LogP contribution >= 0.6 is 0 Å². The molecule has 2 atom stereocenters. The molecule has 0 saturated carbocycles. The van der Waals surface area contributed by atoms with Gasteiger partial charge in [0.1, 0.15) is 0 Å². The average molecular weight is 211 g/mol. The predicted octanol–water partition coefficient (Wildman–Crippen LogP) is 0.620. The summed E-state index contributed by atoms with van der Waals surface area (Å²) < 4.78 is 0. The van der Waals surface area contributed by atoms with Crippen molar-refractivity contribution in [1.29, 1.82) is 0 Å². The number of hydrogen-bond acceptors (Lipinski definition) is 3. The summed E-state index contributed by atoms with van der Waals surface area (Å²) in [6.07, 6.45) is 2.69.